The van der Waals surface area contributed by atoms with E-state index in [9.17, 15) is 5.11 Å². The van der Waals surface area contributed by atoms with Crippen molar-refractivity contribution >= 4 is 22.9 Å². The molecule has 0 unspecified atom stereocenters. The highest BCUT2D eigenvalue weighted by atomic mass is 32.2. The first-order valence-corrected chi connectivity index (χ1v) is 5.48. The largest absolute Gasteiger partial charge is 0.507 e. The summed E-state index contributed by atoms with van der Waals surface area (Å²) in [4.78, 5) is 4.29. The Hall–Kier alpha value is -1.22. The lowest BCUT2D eigenvalue weighted by Gasteiger charge is -1.96. The predicted octanol–water partition coefficient (Wildman–Crippen LogP) is 2.55. The van der Waals surface area contributed by atoms with Gasteiger partial charge in [-0.05, 0) is 18.2 Å². The smallest absolute Gasteiger partial charge is 0.122 e. The van der Waals surface area contributed by atoms with Crippen molar-refractivity contribution in [2.75, 3.05) is 12.3 Å². The molecule has 2 nitrogen and oxygen atoms in total. The third-order valence-electron chi connectivity index (χ3n) is 1.95. The summed E-state index contributed by atoms with van der Waals surface area (Å²) >= 11 is 1.75. The zero-order valence-electron chi connectivity index (χ0n) is 7.68. The molecule has 72 valence electrons. The van der Waals surface area contributed by atoms with Gasteiger partial charge in [0.15, 0.2) is 0 Å². The van der Waals surface area contributed by atoms with Gasteiger partial charge in [0.2, 0.25) is 0 Å². The van der Waals surface area contributed by atoms with E-state index >= 15 is 0 Å². The van der Waals surface area contributed by atoms with Crippen molar-refractivity contribution in [3.8, 4) is 5.75 Å². The second-order valence-electron chi connectivity index (χ2n) is 2.96. The zero-order chi connectivity index (χ0) is 9.80. The van der Waals surface area contributed by atoms with Crippen LogP contribution in [-0.2, 0) is 0 Å². The molecule has 0 spiro atoms. The molecule has 1 aliphatic heterocycles. The minimum absolute atomic E-state index is 0.312. The van der Waals surface area contributed by atoms with Crippen LogP contribution in [-0.4, -0.2) is 22.4 Å². The number of thioether (sulfide) groups is 1. The van der Waals surface area contributed by atoms with E-state index in [1.807, 2.05) is 30.4 Å². The van der Waals surface area contributed by atoms with Gasteiger partial charge in [0.25, 0.3) is 0 Å². The first-order chi connectivity index (χ1) is 6.86. The maximum atomic E-state index is 9.49. The van der Waals surface area contributed by atoms with Crippen molar-refractivity contribution in [3.63, 3.8) is 0 Å². The van der Waals surface area contributed by atoms with Gasteiger partial charge in [-0.15, -0.1) is 11.8 Å². The molecule has 14 heavy (non-hydrogen) atoms. The minimum atomic E-state index is 0.312. The van der Waals surface area contributed by atoms with Gasteiger partial charge in [-0.2, -0.15) is 0 Å². The lowest BCUT2D eigenvalue weighted by molar-refractivity contribution is 0.474. The standard InChI is InChI=1S/C11H11NOS/c13-10-4-2-1-3-9(10)5-6-11-12-7-8-14-11/h1-6,13H,7-8H2. The van der Waals surface area contributed by atoms with Crippen molar-refractivity contribution in [3.05, 3.63) is 35.9 Å². The number of benzene rings is 1. The Morgan fingerprint density at radius 2 is 2.14 bits per heavy atom. The zero-order valence-corrected chi connectivity index (χ0v) is 8.50. The number of aromatic hydroxyl groups is 1. The van der Waals surface area contributed by atoms with Crippen LogP contribution in [0.25, 0.3) is 6.08 Å². The summed E-state index contributed by atoms with van der Waals surface area (Å²) in [6.45, 7) is 0.908. The van der Waals surface area contributed by atoms with Gasteiger partial charge in [-0.3, -0.25) is 4.99 Å². The molecule has 0 amide bonds. The number of hydrogen-bond acceptors (Lipinski definition) is 3. The van der Waals surface area contributed by atoms with Crippen LogP contribution < -0.4 is 0 Å². The highest BCUT2D eigenvalue weighted by Crippen LogP contribution is 2.19. The predicted molar refractivity (Wildman–Crippen MR) is 61.9 cm³/mol. The summed E-state index contributed by atoms with van der Waals surface area (Å²) in [5.41, 5.74) is 0.836. The Bertz CT molecular complexity index is 385. The summed E-state index contributed by atoms with van der Waals surface area (Å²) in [7, 11) is 0. The average molecular weight is 205 g/mol. The Balaban J connectivity index is 2.13. The molecular weight excluding hydrogens is 194 g/mol. The van der Waals surface area contributed by atoms with Gasteiger partial charge in [0.05, 0.1) is 5.04 Å². The van der Waals surface area contributed by atoms with E-state index in [-0.39, 0.29) is 0 Å². The van der Waals surface area contributed by atoms with Crippen LogP contribution in [0, 0.1) is 0 Å². The molecule has 1 aromatic carbocycles. The second kappa shape index (κ2) is 4.33. The van der Waals surface area contributed by atoms with Crippen molar-refractivity contribution < 1.29 is 5.11 Å². The quantitative estimate of drug-likeness (QED) is 0.804. The van der Waals surface area contributed by atoms with Gasteiger partial charge in [0, 0.05) is 17.9 Å². The average Bonchev–Trinajstić information content (AvgIpc) is 2.69. The van der Waals surface area contributed by atoms with E-state index in [0.717, 1.165) is 22.9 Å². The van der Waals surface area contributed by atoms with Gasteiger partial charge in [-0.1, -0.05) is 18.2 Å². The lowest BCUT2D eigenvalue weighted by Crippen LogP contribution is -1.79. The second-order valence-corrected chi connectivity index (χ2v) is 4.08. The molecule has 1 aromatic rings. The fraction of sp³-hybridized carbons (Fsp3) is 0.182. The van der Waals surface area contributed by atoms with Crippen LogP contribution in [0.3, 0.4) is 0 Å². The summed E-state index contributed by atoms with van der Waals surface area (Å²) in [5.74, 6) is 1.38. The number of aliphatic imine (C=N–C) groups is 1. The van der Waals surface area contributed by atoms with Crippen molar-refractivity contribution in [2.45, 2.75) is 0 Å². The molecule has 2 rings (SSSR count). The van der Waals surface area contributed by atoms with Crippen molar-refractivity contribution in [1.29, 1.82) is 0 Å². The normalized spacial score (nSPS) is 16.1. The summed E-state index contributed by atoms with van der Waals surface area (Å²) in [6, 6.07) is 7.28. The van der Waals surface area contributed by atoms with E-state index in [1.165, 1.54) is 0 Å². The fourth-order valence-electron chi connectivity index (χ4n) is 1.24. The van der Waals surface area contributed by atoms with Crippen molar-refractivity contribution in [2.24, 2.45) is 4.99 Å². The van der Waals surface area contributed by atoms with Crippen LogP contribution in [0.4, 0.5) is 0 Å². The van der Waals surface area contributed by atoms with Crippen LogP contribution >= 0.6 is 11.8 Å². The molecule has 3 heteroatoms. The first-order valence-electron chi connectivity index (χ1n) is 4.49. The Kier molecular flexibility index (Phi) is 2.89. The maximum absolute atomic E-state index is 9.49. The van der Waals surface area contributed by atoms with Crippen LogP contribution in [0.5, 0.6) is 5.75 Å². The first kappa shape index (κ1) is 9.34. The van der Waals surface area contributed by atoms with E-state index in [2.05, 4.69) is 4.99 Å². The molecule has 0 bridgehead atoms. The lowest BCUT2D eigenvalue weighted by atomic mass is 10.2. The fourth-order valence-corrected chi connectivity index (χ4v) is 1.98. The number of para-hydroxylation sites is 1. The molecular formula is C11H11NOS. The van der Waals surface area contributed by atoms with Gasteiger partial charge in [0.1, 0.15) is 5.75 Å². The van der Waals surface area contributed by atoms with Gasteiger partial charge in [-0.25, -0.2) is 0 Å². The van der Waals surface area contributed by atoms with Crippen molar-refractivity contribution in [1.82, 2.24) is 0 Å². The minimum Gasteiger partial charge on any atom is -0.507 e. The van der Waals surface area contributed by atoms with Gasteiger partial charge >= 0.3 is 0 Å². The number of rotatable bonds is 2. The molecule has 0 fully saturated rings. The number of nitrogens with zero attached hydrogens (tertiary/aromatic N) is 1. The third-order valence-corrected chi connectivity index (χ3v) is 2.90. The number of phenolic OH excluding ortho intramolecular Hbond substituents is 1. The van der Waals surface area contributed by atoms with E-state index < -0.39 is 0 Å². The topological polar surface area (TPSA) is 32.6 Å². The molecule has 0 saturated heterocycles. The Morgan fingerprint density at radius 1 is 1.29 bits per heavy atom. The molecule has 0 atom stereocenters. The van der Waals surface area contributed by atoms with E-state index in [1.54, 1.807) is 17.8 Å². The third kappa shape index (κ3) is 2.17. The molecule has 0 saturated carbocycles. The molecule has 0 radical (unpaired) electrons. The molecule has 0 aromatic heterocycles. The molecule has 1 aliphatic rings. The summed E-state index contributed by atoms with van der Waals surface area (Å²) < 4.78 is 0. The van der Waals surface area contributed by atoms with E-state index in [4.69, 9.17) is 0 Å². The number of hydrogen-bond donors (Lipinski definition) is 1. The number of phenols is 1. The molecule has 1 heterocycles. The Morgan fingerprint density at radius 3 is 2.86 bits per heavy atom. The van der Waals surface area contributed by atoms with Crippen LogP contribution in [0.1, 0.15) is 5.56 Å². The molecule has 0 aliphatic carbocycles. The molecule has 1 N–H and O–H groups in total. The van der Waals surface area contributed by atoms with Gasteiger partial charge < -0.3 is 5.11 Å². The highest BCUT2D eigenvalue weighted by molar-refractivity contribution is 8.14. The maximum Gasteiger partial charge on any atom is 0.122 e. The SMILES string of the molecule is Oc1ccccc1C=CC1=NCCS1. The summed E-state index contributed by atoms with van der Waals surface area (Å²) in [5, 5.41) is 10.5. The van der Waals surface area contributed by atoms with Crippen LogP contribution in [0.15, 0.2) is 35.3 Å². The summed E-state index contributed by atoms with van der Waals surface area (Å²) in [6.07, 6.45) is 3.85. The monoisotopic (exact) mass is 205 g/mol. The Labute approximate surface area is 87.4 Å². The van der Waals surface area contributed by atoms with E-state index in [0.29, 0.717) is 5.75 Å². The highest BCUT2D eigenvalue weighted by Gasteiger charge is 2.02. The van der Waals surface area contributed by atoms with Crippen LogP contribution in [0.2, 0.25) is 0 Å².